The van der Waals surface area contributed by atoms with Crippen molar-refractivity contribution in [3.8, 4) is 11.6 Å². The van der Waals surface area contributed by atoms with Gasteiger partial charge in [0.1, 0.15) is 11.6 Å². The van der Waals surface area contributed by atoms with Gasteiger partial charge in [0.15, 0.2) is 0 Å². The molecule has 2 heterocycles. The van der Waals surface area contributed by atoms with Gasteiger partial charge in [-0.3, -0.25) is 0 Å². The van der Waals surface area contributed by atoms with E-state index in [1.807, 2.05) is 63.6 Å². The van der Waals surface area contributed by atoms with Crippen LogP contribution in [-0.4, -0.2) is 25.9 Å². The molecular weight excluding hydrogens is 302 g/mol. The van der Waals surface area contributed by atoms with Crippen molar-refractivity contribution in [2.45, 2.75) is 26.9 Å². The standard InChI is InChI=1S/C18H23N5O/c1-14-17(13-19-9-11-23-12-10-20-15(23)2)18(22(3)21-14)24-16-7-5-4-6-8-16/h4-8,10,12,19H,9,11,13H2,1-3H3. The highest BCUT2D eigenvalue weighted by atomic mass is 16.5. The number of hydrogen-bond donors (Lipinski definition) is 1. The number of nitrogens with one attached hydrogen (secondary N) is 1. The van der Waals surface area contributed by atoms with Crippen molar-refractivity contribution >= 4 is 0 Å². The molecule has 0 fully saturated rings. The maximum Gasteiger partial charge on any atom is 0.222 e. The molecule has 0 aliphatic rings. The summed E-state index contributed by atoms with van der Waals surface area (Å²) < 4.78 is 9.95. The molecule has 1 N–H and O–H groups in total. The number of aryl methyl sites for hydroxylation is 3. The lowest BCUT2D eigenvalue weighted by molar-refractivity contribution is 0.423. The highest BCUT2D eigenvalue weighted by molar-refractivity contribution is 5.35. The summed E-state index contributed by atoms with van der Waals surface area (Å²) in [7, 11) is 1.91. The Bertz CT molecular complexity index is 791. The molecule has 126 valence electrons. The van der Waals surface area contributed by atoms with Crippen LogP contribution in [-0.2, 0) is 20.1 Å². The van der Waals surface area contributed by atoms with E-state index in [-0.39, 0.29) is 0 Å². The molecule has 1 aromatic carbocycles. The van der Waals surface area contributed by atoms with Gasteiger partial charge in [-0.2, -0.15) is 5.10 Å². The second kappa shape index (κ2) is 7.31. The number of para-hydroxylation sites is 1. The molecule has 6 nitrogen and oxygen atoms in total. The van der Waals surface area contributed by atoms with Gasteiger partial charge < -0.3 is 14.6 Å². The molecule has 0 amide bonds. The van der Waals surface area contributed by atoms with E-state index in [0.29, 0.717) is 0 Å². The Kier molecular flexibility index (Phi) is 4.96. The molecule has 0 aliphatic carbocycles. The Morgan fingerprint density at radius 3 is 2.67 bits per heavy atom. The summed E-state index contributed by atoms with van der Waals surface area (Å²) in [5.41, 5.74) is 2.07. The van der Waals surface area contributed by atoms with E-state index in [2.05, 4.69) is 20.0 Å². The van der Waals surface area contributed by atoms with E-state index >= 15 is 0 Å². The Balaban J connectivity index is 1.63. The number of ether oxygens (including phenoxy) is 1. The van der Waals surface area contributed by atoms with Gasteiger partial charge in [-0.25, -0.2) is 9.67 Å². The van der Waals surface area contributed by atoms with Crippen LogP contribution in [0.15, 0.2) is 42.7 Å². The van der Waals surface area contributed by atoms with Gasteiger partial charge in [-0.05, 0) is 26.0 Å². The number of rotatable bonds is 7. The number of aromatic nitrogens is 4. The second-order valence-electron chi connectivity index (χ2n) is 5.75. The molecule has 3 aromatic rings. The summed E-state index contributed by atoms with van der Waals surface area (Å²) in [6.45, 7) is 6.48. The fourth-order valence-electron chi connectivity index (χ4n) is 2.67. The lowest BCUT2D eigenvalue weighted by Crippen LogP contribution is -2.20. The van der Waals surface area contributed by atoms with Gasteiger partial charge in [0.25, 0.3) is 0 Å². The van der Waals surface area contributed by atoms with Gasteiger partial charge in [-0.15, -0.1) is 0 Å². The summed E-state index contributed by atoms with van der Waals surface area (Å²) >= 11 is 0. The van der Waals surface area contributed by atoms with Crippen molar-refractivity contribution in [2.24, 2.45) is 7.05 Å². The molecule has 6 heteroatoms. The molecule has 0 saturated carbocycles. The van der Waals surface area contributed by atoms with Crippen LogP contribution in [0.4, 0.5) is 0 Å². The van der Waals surface area contributed by atoms with Crippen LogP contribution in [0.5, 0.6) is 11.6 Å². The van der Waals surface area contributed by atoms with E-state index in [1.54, 1.807) is 4.68 Å². The van der Waals surface area contributed by atoms with E-state index in [0.717, 1.165) is 48.3 Å². The molecule has 0 saturated heterocycles. The number of hydrogen-bond acceptors (Lipinski definition) is 4. The zero-order chi connectivity index (χ0) is 16.9. The minimum atomic E-state index is 0.718. The molecule has 0 unspecified atom stereocenters. The Labute approximate surface area is 142 Å². The Morgan fingerprint density at radius 1 is 1.17 bits per heavy atom. The largest absolute Gasteiger partial charge is 0.439 e. The van der Waals surface area contributed by atoms with Crippen LogP contribution in [0, 0.1) is 13.8 Å². The van der Waals surface area contributed by atoms with E-state index in [9.17, 15) is 0 Å². The number of nitrogens with zero attached hydrogens (tertiary/aromatic N) is 4. The number of benzene rings is 1. The third-order valence-electron chi connectivity index (χ3n) is 4.00. The van der Waals surface area contributed by atoms with Gasteiger partial charge in [0, 0.05) is 39.1 Å². The predicted octanol–water partition coefficient (Wildman–Crippen LogP) is 2.82. The third-order valence-corrected chi connectivity index (χ3v) is 4.00. The molecule has 2 aromatic heterocycles. The lowest BCUT2D eigenvalue weighted by atomic mass is 10.2. The smallest absolute Gasteiger partial charge is 0.222 e. The average Bonchev–Trinajstić information content (AvgIpc) is 3.09. The minimum absolute atomic E-state index is 0.718. The normalized spacial score (nSPS) is 11.0. The van der Waals surface area contributed by atoms with Crippen molar-refractivity contribution < 1.29 is 4.74 Å². The molecule has 0 spiro atoms. The molecule has 0 bridgehead atoms. The zero-order valence-electron chi connectivity index (χ0n) is 14.4. The van der Waals surface area contributed by atoms with Crippen LogP contribution in [0.25, 0.3) is 0 Å². The lowest BCUT2D eigenvalue weighted by Gasteiger charge is -2.10. The third kappa shape index (κ3) is 3.65. The van der Waals surface area contributed by atoms with Gasteiger partial charge >= 0.3 is 0 Å². The molecule has 3 rings (SSSR count). The fourth-order valence-corrected chi connectivity index (χ4v) is 2.67. The first-order chi connectivity index (χ1) is 11.6. The highest BCUT2D eigenvalue weighted by Gasteiger charge is 2.15. The minimum Gasteiger partial charge on any atom is -0.439 e. The van der Waals surface area contributed by atoms with Crippen molar-refractivity contribution in [3.05, 3.63) is 59.8 Å². The quantitative estimate of drug-likeness (QED) is 0.679. The summed E-state index contributed by atoms with van der Waals surface area (Å²) in [5, 5.41) is 7.95. The van der Waals surface area contributed by atoms with Crippen LogP contribution in [0.2, 0.25) is 0 Å². The van der Waals surface area contributed by atoms with Crippen molar-refractivity contribution in [2.75, 3.05) is 6.54 Å². The van der Waals surface area contributed by atoms with E-state index in [1.165, 1.54) is 0 Å². The zero-order valence-corrected chi connectivity index (χ0v) is 14.4. The molecular formula is C18H23N5O. The van der Waals surface area contributed by atoms with Crippen LogP contribution < -0.4 is 10.1 Å². The SMILES string of the molecule is Cc1nn(C)c(Oc2ccccc2)c1CNCCn1ccnc1C. The maximum absolute atomic E-state index is 6.03. The van der Waals surface area contributed by atoms with Crippen molar-refractivity contribution in [3.63, 3.8) is 0 Å². The topological polar surface area (TPSA) is 56.9 Å². The molecule has 0 radical (unpaired) electrons. The van der Waals surface area contributed by atoms with Gasteiger partial charge in [0.05, 0.1) is 11.3 Å². The predicted molar refractivity (Wildman–Crippen MR) is 93.1 cm³/mol. The van der Waals surface area contributed by atoms with Crippen molar-refractivity contribution in [1.29, 1.82) is 0 Å². The van der Waals surface area contributed by atoms with Gasteiger partial charge in [0.2, 0.25) is 5.88 Å². The van der Waals surface area contributed by atoms with E-state index in [4.69, 9.17) is 4.74 Å². The monoisotopic (exact) mass is 325 g/mol. The van der Waals surface area contributed by atoms with Crippen molar-refractivity contribution in [1.82, 2.24) is 24.6 Å². The average molecular weight is 325 g/mol. The molecule has 0 aliphatic heterocycles. The molecule has 24 heavy (non-hydrogen) atoms. The summed E-state index contributed by atoms with van der Waals surface area (Å²) in [4.78, 5) is 4.23. The Hall–Kier alpha value is -2.60. The number of imidazole rings is 1. The first kappa shape index (κ1) is 16.3. The van der Waals surface area contributed by atoms with Gasteiger partial charge in [-0.1, -0.05) is 18.2 Å². The van der Waals surface area contributed by atoms with Crippen LogP contribution in [0.1, 0.15) is 17.1 Å². The van der Waals surface area contributed by atoms with Crippen LogP contribution in [0.3, 0.4) is 0 Å². The first-order valence-electron chi connectivity index (χ1n) is 8.09. The molecule has 0 atom stereocenters. The van der Waals surface area contributed by atoms with Crippen LogP contribution >= 0.6 is 0 Å². The summed E-state index contributed by atoms with van der Waals surface area (Å²) in [6.07, 6.45) is 3.82. The Morgan fingerprint density at radius 2 is 1.96 bits per heavy atom. The first-order valence-corrected chi connectivity index (χ1v) is 8.09. The maximum atomic E-state index is 6.03. The second-order valence-corrected chi connectivity index (χ2v) is 5.75. The highest BCUT2D eigenvalue weighted by Crippen LogP contribution is 2.26. The summed E-state index contributed by atoms with van der Waals surface area (Å²) in [6, 6.07) is 9.79. The van der Waals surface area contributed by atoms with E-state index < -0.39 is 0 Å². The summed E-state index contributed by atoms with van der Waals surface area (Å²) in [5.74, 6) is 2.63. The fraction of sp³-hybridized carbons (Fsp3) is 0.333.